The summed E-state index contributed by atoms with van der Waals surface area (Å²) in [5, 5.41) is 37.2. The number of phenolic OH excluding ortho intramolecular Hbond substituents is 3. The fraction of sp³-hybridized carbons (Fsp3) is 0.417. The first kappa shape index (κ1) is 14.1. The van der Waals surface area contributed by atoms with Crippen molar-refractivity contribution in [2.24, 2.45) is 11.7 Å². The minimum atomic E-state index is -0.994. The number of aliphatic carboxylic acids is 1. The number of benzene rings is 1. The molecular formula is C12H17NO5. The number of hydrogen-bond acceptors (Lipinski definition) is 5. The van der Waals surface area contributed by atoms with Crippen LogP contribution in [0.2, 0.25) is 0 Å². The van der Waals surface area contributed by atoms with Crippen LogP contribution in [-0.2, 0) is 4.79 Å². The van der Waals surface area contributed by atoms with Gasteiger partial charge < -0.3 is 26.2 Å². The second-order valence-electron chi connectivity index (χ2n) is 4.28. The van der Waals surface area contributed by atoms with E-state index in [2.05, 4.69) is 0 Å². The lowest BCUT2D eigenvalue weighted by molar-refractivity contribution is -0.141. The Morgan fingerprint density at radius 2 is 1.89 bits per heavy atom. The topological polar surface area (TPSA) is 124 Å². The van der Waals surface area contributed by atoms with E-state index >= 15 is 0 Å². The van der Waals surface area contributed by atoms with Crippen molar-refractivity contribution in [2.45, 2.75) is 19.3 Å². The lowest BCUT2D eigenvalue weighted by Gasteiger charge is -2.18. The van der Waals surface area contributed by atoms with Gasteiger partial charge in [-0.15, -0.1) is 0 Å². The van der Waals surface area contributed by atoms with E-state index in [1.54, 1.807) is 6.92 Å². The molecule has 0 spiro atoms. The highest BCUT2D eigenvalue weighted by Crippen LogP contribution is 2.41. The number of carbonyl (C=O) groups is 1. The van der Waals surface area contributed by atoms with Crippen molar-refractivity contribution in [1.29, 1.82) is 0 Å². The molecule has 6 N–H and O–H groups in total. The second-order valence-corrected chi connectivity index (χ2v) is 4.28. The van der Waals surface area contributed by atoms with Crippen LogP contribution in [0.4, 0.5) is 0 Å². The van der Waals surface area contributed by atoms with Crippen molar-refractivity contribution in [3.63, 3.8) is 0 Å². The van der Waals surface area contributed by atoms with E-state index in [0.29, 0.717) is 5.56 Å². The molecule has 0 aromatic heterocycles. The molecule has 0 aliphatic carbocycles. The number of phenols is 3. The maximum atomic E-state index is 10.9. The standard InChI is InChI=1S/C12H17NO5/c1-6(4-7(5-13)12(17)18)8-2-3-9(14)11(16)10(8)15/h2-3,6-7,14-16H,4-5,13H2,1H3,(H,17,18). The Kier molecular flexibility index (Phi) is 4.38. The Hall–Kier alpha value is -1.95. The fourth-order valence-corrected chi connectivity index (χ4v) is 1.83. The van der Waals surface area contributed by atoms with Gasteiger partial charge in [-0.25, -0.2) is 0 Å². The number of rotatable bonds is 5. The summed E-state index contributed by atoms with van der Waals surface area (Å²) in [6.07, 6.45) is 0.240. The summed E-state index contributed by atoms with van der Waals surface area (Å²) in [6, 6.07) is 2.70. The summed E-state index contributed by atoms with van der Waals surface area (Å²) in [7, 11) is 0. The molecule has 0 aliphatic heterocycles. The number of carboxylic acids is 1. The lowest BCUT2D eigenvalue weighted by atomic mass is 9.89. The molecule has 0 aliphatic rings. The van der Waals surface area contributed by atoms with E-state index in [9.17, 15) is 20.1 Å². The minimum absolute atomic E-state index is 0.00447. The molecule has 1 rings (SSSR count). The van der Waals surface area contributed by atoms with E-state index in [1.165, 1.54) is 12.1 Å². The van der Waals surface area contributed by atoms with Gasteiger partial charge in [0.25, 0.3) is 0 Å². The van der Waals surface area contributed by atoms with Gasteiger partial charge in [0, 0.05) is 12.1 Å². The molecule has 0 amide bonds. The van der Waals surface area contributed by atoms with Crippen LogP contribution in [0.25, 0.3) is 0 Å². The number of aromatic hydroxyl groups is 3. The molecule has 0 fully saturated rings. The Morgan fingerprint density at radius 3 is 2.39 bits per heavy atom. The zero-order chi connectivity index (χ0) is 13.9. The molecule has 2 unspecified atom stereocenters. The van der Waals surface area contributed by atoms with Crippen molar-refractivity contribution in [1.82, 2.24) is 0 Å². The Bertz CT molecular complexity index is 446. The van der Waals surface area contributed by atoms with Crippen molar-refractivity contribution in [2.75, 3.05) is 6.54 Å². The third-order valence-corrected chi connectivity index (χ3v) is 2.96. The summed E-state index contributed by atoms with van der Waals surface area (Å²) in [5.74, 6) is -3.46. The van der Waals surface area contributed by atoms with Gasteiger partial charge in [0.15, 0.2) is 11.5 Å². The maximum Gasteiger partial charge on any atom is 0.307 e. The van der Waals surface area contributed by atoms with Gasteiger partial charge in [-0.1, -0.05) is 13.0 Å². The van der Waals surface area contributed by atoms with Gasteiger partial charge >= 0.3 is 5.97 Å². The zero-order valence-electron chi connectivity index (χ0n) is 10.00. The first-order valence-electron chi connectivity index (χ1n) is 5.55. The largest absolute Gasteiger partial charge is 0.504 e. The van der Waals surface area contributed by atoms with Gasteiger partial charge in [-0.2, -0.15) is 0 Å². The van der Waals surface area contributed by atoms with Gasteiger partial charge in [0.1, 0.15) is 0 Å². The quantitative estimate of drug-likeness (QED) is 0.499. The van der Waals surface area contributed by atoms with Crippen molar-refractivity contribution < 1.29 is 25.2 Å². The van der Waals surface area contributed by atoms with E-state index in [0.717, 1.165) is 0 Å². The lowest BCUT2D eigenvalue weighted by Crippen LogP contribution is -2.24. The maximum absolute atomic E-state index is 10.9. The highest BCUT2D eigenvalue weighted by Gasteiger charge is 2.23. The second kappa shape index (κ2) is 5.59. The molecule has 1 aromatic carbocycles. The van der Waals surface area contributed by atoms with Gasteiger partial charge in [0.2, 0.25) is 5.75 Å². The summed E-state index contributed by atoms with van der Waals surface area (Å²) >= 11 is 0. The molecule has 0 bridgehead atoms. The van der Waals surface area contributed by atoms with Crippen LogP contribution < -0.4 is 5.73 Å². The monoisotopic (exact) mass is 255 g/mol. The van der Waals surface area contributed by atoms with Gasteiger partial charge in [-0.05, 0) is 18.4 Å². The van der Waals surface area contributed by atoms with Crippen LogP contribution in [-0.4, -0.2) is 32.9 Å². The number of carboxylic acid groups (broad SMARTS) is 1. The SMILES string of the molecule is CC(CC(CN)C(=O)O)c1ccc(O)c(O)c1O. The molecule has 6 nitrogen and oxygen atoms in total. The summed E-state index contributed by atoms with van der Waals surface area (Å²) in [6.45, 7) is 1.72. The van der Waals surface area contributed by atoms with Crippen LogP contribution in [0.15, 0.2) is 12.1 Å². The Balaban J connectivity index is 2.94. The summed E-state index contributed by atoms with van der Waals surface area (Å²) < 4.78 is 0. The Labute approximate surface area is 104 Å². The molecule has 6 heteroatoms. The van der Waals surface area contributed by atoms with E-state index in [1.807, 2.05) is 0 Å². The first-order valence-corrected chi connectivity index (χ1v) is 5.55. The minimum Gasteiger partial charge on any atom is -0.504 e. The Morgan fingerprint density at radius 1 is 1.28 bits per heavy atom. The first-order chi connectivity index (χ1) is 8.38. The van der Waals surface area contributed by atoms with E-state index in [-0.39, 0.29) is 18.9 Å². The van der Waals surface area contributed by atoms with Crippen LogP contribution in [0.1, 0.15) is 24.8 Å². The smallest absolute Gasteiger partial charge is 0.307 e. The number of hydrogen-bond donors (Lipinski definition) is 5. The molecular weight excluding hydrogens is 238 g/mol. The molecule has 0 heterocycles. The average molecular weight is 255 g/mol. The average Bonchev–Trinajstić information content (AvgIpc) is 2.32. The predicted molar refractivity (Wildman–Crippen MR) is 64.6 cm³/mol. The molecule has 18 heavy (non-hydrogen) atoms. The highest BCUT2D eigenvalue weighted by molar-refractivity contribution is 5.70. The summed E-state index contributed by atoms with van der Waals surface area (Å²) in [4.78, 5) is 10.9. The van der Waals surface area contributed by atoms with E-state index in [4.69, 9.17) is 10.8 Å². The molecule has 100 valence electrons. The summed E-state index contributed by atoms with van der Waals surface area (Å²) in [5.41, 5.74) is 5.74. The molecule has 0 saturated heterocycles. The molecule has 1 aromatic rings. The molecule has 0 radical (unpaired) electrons. The van der Waals surface area contributed by atoms with E-state index < -0.39 is 29.1 Å². The number of nitrogens with two attached hydrogens (primary N) is 1. The van der Waals surface area contributed by atoms with Crippen LogP contribution in [0.5, 0.6) is 17.2 Å². The molecule has 2 atom stereocenters. The normalized spacial score (nSPS) is 14.1. The fourth-order valence-electron chi connectivity index (χ4n) is 1.83. The van der Waals surface area contributed by atoms with Gasteiger partial charge in [0.05, 0.1) is 5.92 Å². The zero-order valence-corrected chi connectivity index (χ0v) is 10.00. The molecule has 0 saturated carbocycles. The van der Waals surface area contributed by atoms with Crippen molar-refractivity contribution in [3.8, 4) is 17.2 Å². The third kappa shape index (κ3) is 2.84. The van der Waals surface area contributed by atoms with Crippen molar-refractivity contribution >= 4 is 5.97 Å². The van der Waals surface area contributed by atoms with Crippen LogP contribution in [0, 0.1) is 5.92 Å². The highest BCUT2D eigenvalue weighted by atomic mass is 16.4. The predicted octanol–water partition coefficient (Wildman–Crippen LogP) is 0.956. The van der Waals surface area contributed by atoms with Crippen LogP contribution in [0.3, 0.4) is 0 Å². The van der Waals surface area contributed by atoms with Gasteiger partial charge in [-0.3, -0.25) is 4.79 Å². The van der Waals surface area contributed by atoms with Crippen molar-refractivity contribution in [3.05, 3.63) is 17.7 Å². The third-order valence-electron chi connectivity index (χ3n) is 2.96. The van der Waals surface area contributed by atoms with Crippen LogP contribution >= 0.6 is 0 Å².